The van der Waals surface area contributed by atoms with E-state index in [1.807, 2.05) is 0 Å². The van der Waals surface area contributed by atoms with Crippen LogP contribution in [0.1, 0.15) is 26.2 Å². The van der Waals surface area contributed by atoms with Crippen LogP contribution in [0.4, 0.5) is 0 Å². The fraction of sp³-hybridized carbons (Fsp3) is 0.833. The lowest BCUT2D eigenvalue weighted by Crippen LogP contribution is -2.51. The maximum atomic E-state index is 6.19. The molecule has 5 unspecified atom stereocenters. The third-order valence-corrected chi connectivity index (χ3v) is 7.96. The Labute approximate surface area is 92.9 Å². The number of fused-ring (bicyclic) bond motifs is 2. The summed E-state index contributed by atoms with van der Waals surface area (Å²) in [6, 6.07) is 0. The molecule has 0 spiro atoms. The number of allylic oxidation sites excluding steroid dienone is 2. The van der Waals surface area contributed by atoms with Gasteiger partial charge in [-0.2, -0.15) is 0 Å². The molecule has 1 saturated carbocycles. The van der Waals surface area contributed by atoms with Crippen LogP contribution in [0.25, 0.3) is 0 Å². The standard InChI is InChI=1S/C12H20O2Si/c1-9-5-6-13-15(2,14-9)12-8-10-3-4-11(12)7-10/h3-4,9-12H,5-8H2,1-2H3. The van der Waals surface area contributed by atoms with E-state index in [1.54, 1.807) is 0 Å². The highest BCUT2D eigenvalue weighted by Crippen LogP contribution is 2.52. The quantitative estimate of drug-likeness (QED) is 0.504. The molecule has 1 aliphatic heterocycles. The number of hydrogen-bond donors (Lipinski definition) is 0. The normalized spacial score (nSPS) is 53.7. The predicted octanol–water partition coefficient (Wildman–Crippen LogP) is 2.85. The van der Waals surface area contributed by atoms with Crippen LogP contribution in [0.5, 0.6) is 0 Å². The van der Waals surface area contributed by atoms with E-state index < -0.39 is 8.56 Å². The molecule has 3 rings (SSSR count). The van der Waals surface area contributed by atoms with E-state index in [-0.39, 0.29) is 0 Å². The molecule has 2 nitrogen and oxygen atoms in total. The van der Waals surface area contributed by atoms with Crippen molar-refractivity contribution in [2.24, 2.45) is 11.8 Å². The van der Waals surface area contributed by atoms with Gasteiger partial charge in [0.2, 0.25) is 0 Å². The highest BCUT2D eigenvalue weighted by molar-refractivity contribution is 6.68. The molecule has 0 radical (unpaired) electrons. The summed E-state index contributed by atoms with van der Waals surface area (Å²) in [4.78, 5) is 0. The van der Waals surface area contributed by atoms with E-state index in [0.29, 0.717) is 6.10 Å². The van der Waals surface area contributed by atoms with Crippen LogP contribution >= 0.6 is 0 Å². The molecule has 84 valence electrons. The summed E-state index contributed by atoms with van der Waals surface area (Å²) in [5.41, 5.74) is 0.718. The van der Waals surface area contributed by atoms with Crippen molar-refractivity contribution >= 4 is 8.56 Å². The van der Waals surface area contributed by atoms with E-state index in [9.17, 15) is 0 Å². The first-order chi connectivity index (χ1) is 7.17. The molecule has 3 heteroatoms. The first-order valence-corrected chi connectivity index (χ1v) is 8.57. The molecule has 1 heterocycles. The van der Waals surface area contributed by atoms with Crippen molar-refractivity contribution in [1.29, 1.82) is 0 Å². The summed E-state index contributed by atoms with van der Waals surface area (Å²) >= 11 is 0. The van der Waals surface area contributed by atoms with E-state index in [1.165, 1.54) is 12.8 Å². The molecule has 0 aromatic carbocycles. The van der Waals surface area contributed by atoms with Gasteiger partial charge in [0, 0.05) is 18.3 Å². The van der Waals surface area contributed by atoms with E-state index >= 15 is 0 Å². The Kier molecular flexibility index (Phi) is 2.30. The Hall–Kier alpha value is -0.123. The molecule has 15 heavy (non-hydrogen) atoms. The maximum Gasteiger partial charge on any atom is 0.338 e. The van der Waals surface area contributed by atoms with Gasteiger partial charge in [-0.25, -0.2) is 0 Å². The molecule has 1 saturated heterocycles. The van der Waals surface area contributed by atoms with E-state index in [0.717, 1.165) is 30.4 Å². The zero-order chi connectivity index (χ0) is 10.5. The van der Waals surface area contributed by atoms with Crippen molar-refractivity contribution in [3.8, 4) is 0 Å². The highest BCUT2D eigenvalue weighted by Gasteiger charge is 2.52. The van der Waals surface area contributed by atoms with E-state index in [4.69, 9.17) is 8.85 Å². The SMILES string of the molecule is CC1CCO[Si](C)(C2CC3C=CC2C3)O1. The van der Waals surface area contributed by atoms with Crippen molar-refractivity contribution in [2.45, 2.75) is 44.4 Å². The van der Waals surface area contributed by atoms with Crippen LogP contribution in [0, 0.1) is 11.8 Å². The Bertz CT molecular complexity index is 291. The molecule has 0 aromatic heterocycles. The molecular weight excluding hydrogens is 204 g/mol. The fourth-order valence-corrected chi connectivity index (χ4v) is 7.15. The highest BCUT2D eigenvalue weighted by atomic mass is 28.4. The Balaban J connectivity index is 1.78. The zero-order valence-electron chi connectivity index (χ0n) is 9.61. The largest absolute Gasteiger partial charge is 0.394 e. The second-order valence-corrected chi connectivity index (χ2v) is 8.77. The molecule has 2 bridgehead atoms. The molecule has 0 aromatic rings. The Morgan fingerprint density at radius 3 is 2.73 bits per heavy atom. The summed E-state index contributed by atoms with van der Waals surface area (Å²) < 4.78 is 12.2. The molecule has 0 N–H and O–H groups in total. The maximum absolute atomic E-state index is 6.19. The van der Waals surface area contributed by atoms with Gasteiger partial charge in [0.05, 0.1) is 0 Å². The van der Waals surface area contributed by atoms with Crippen molar-refractivity contribution in [3.63, 3.8) is 0 Å². The van der Waals surface area contributed by atoms with Crippen molar-refractivity contribution in [3.05, 3.63) is 12.2 Å². The minimum absolute atomic E-state index is 0.415. The van der Waals surface area contributed by atoms with Gasteiger partial charge >= 0.3 is 8.56 Å². The van der Waals surface area contributed by atoms with Crippen molar-refractivity contribution < 1.29 is 8.85 Å². The van der Waals surface area contributed by atoms with Gasteiger partial charge in [-0.15, -0.1) is 0 Å². The summed E-state index contributed by atoms with van der Waals surface area (Å²) in [7, 11) is -1.87. The molecule has 5 atom stereocenters. The van der Waals surface area contributed by atoms with Gasteiger partial charge in [0.25, 0.3) is 0 Å². The van der Waals surface area contributed by atoms with Crippen LogP contribution in [-0.2, 0) is 8.85 Å². The minimum Gasteiger partial charge on any atom is -0.394 e. The predicted molar refractivity (Wildman–Crippen MR) is 61.8 cm³/mol. The molecular formula is C12H20O2Si. The molecule has 0 amide bonds. The molecule has 2 aliphatic carbocycles. The van der Waals surface area contributed by atoms with Gasteiger partial charge in [0.1, 0.15) is 0 Å². The smallest absolute Gasteiger partial charge is 0.338 e. The van der Waals surface area contributed by atoms with Gasteiger partial charge in [-0.3, -0.25) is 0 Å². The summed E-state index contributed by atoms with van der Waals surface area (Å²) in [5, 5.41) is 0. The summed E-state index contributed by atoms with van der Waals surface area (Å²) in [6.45, 7) is 5.39. The average Bonchev–Trinajstić information content (AvgIpc) is 2.78. The van der Waals surface area contributed by atoms with Crippen LogP contribution in [-0.4, -0.2) is 21.3 Å². The van der Waals surface area contributed by atoms with Gasteiger partial charge in [-0.1, -0.05) is 12.2 Å². The Morgan fingerprint density at radius 2 is 2.13 bits per heavy atom. The summed E-state index contributed by atoms with van der Waals surface area (Å²) in [6.07, 6.45) is 8.96. The van der Waals surface area contributed by atoms with Crippen LogP contribution in [0.2, 0.25) is 12.1 Å². The van der Waals surface area contributed by atoms with Crippen LogP contribution < -0.4 is 0 Å². The minimum atomic E-state index is -1.87. The van der Waals surface area contributed by atoms with Crippen LogP contribution in [0.3, 0.4) is 0 Å². The van der Waals surface area contributed by atoms with Gasteiger partial charge in [0.15, 0.2) is 0 Å². The molecule has 2 fully saturated rings. The lowest BCUT2D eigenvalue weighted by Gasteiger charge is -2.41. The summed E-state index contributed by atoms with van der Waals surface area (Å²) in [5.74, 6) is 1.59. The van der Waals surface area contributed by atoms with Gasteiger partial charge < -0.3 is 8.85 Å². The van der Waals surface area contributed by atoms with Gasteiger partial charge in [-0.05, 0) is 44.6 Å². The van der Waals surface area contributed by atoms with Crippen molar-refractivity contribution in [2.75, 3.05) is 6.61 Å². The zero-order valence-corrected chi connectivity index (χ0v) is 10.6. The van der Waals surface area contributed by atoms with Crippen molar-refractivity contribution in [1.82, 2.24) is 0 Å². The third kappa shape index (κ3) is 1.61. The third-order valence-electron chi connectivity index (χ3n) is 4.30. The monoisotopic (exact) mass is 224 g/mol. The topological polar surface area (TPSA) is 18.5 Å². The Morgan fingerprint density at radius 1 is 1.27 bits per heavy atom. The number of rotatable bonds is 1. The molecule has 3 aliphatic rings. The second kappa shape index (κ2) is 3.44. The van der Waals surface area contributed by atoms with Crippen LogP contribution in [0.15, 0.2) is 12.2 Å². The first kappa shape index (κ1) is 10.1. The first-order valence-electron chi connectivity index (χ1n) is 6.17. The average molecular weight is 224 g/mol. The second-order valence-electron chi connectivity index (χ2n) is 5.47. The lowest BCUT2D eigenvalue weighted by atomic mass is 10.1. The van der Waals surface area contributed by atoms with E-state index in [2.05, 4.69) is 25.6 Å². The fourth-order valence-electron chi connectivity index (χ4n) is 3.50. The number of hydrogen-bond acceptors (Lipinski definition) is 2. The lowest BCUT2D eigenvalue weighted by molar-refractivity contribution is 0.0519.